The molecule has 1 aliphatic carbocycles. The van der Waals surface area contributed by atoms with Gasteiger partial charge in [0, 0.05) is 0 Å². The second-order valence-corrected chi connectivity index (χ2v) is 6.90. The first kappa shape index (κ1) is 18.5. The highest BCUT2D eigenvalue weighted by molar-refractivity contribution is 5.97. The molecule has 1 atom stereocenters. The summed E-state index contributed by atoms with van der Waals surface area (Å²) in [6.45, 7) is 0.446. The van der Waals surface area contributed by atoms with E-state index in [4.69, 9.17) is 10.5 Å². The van der Waals surface area contributed by atoms with Gasteiger partial charge in [-0.25, -0.2) is 4.79 Å². The lowest BCUT2D eigenvalue weighted by atomic mass is 10.1. The van der Waals surface area contributed by atoms with Crippen molar-refractivity contribution in [1.82, 2.24) is 15.3 Å². The fourth-order valence-corrected chi connectivity index (χ4v) is 3.47. The molecule has 1 heterocycles. The number of amides is 1. The Labute approximate surface area is 165 Å². The number of hydrogen-bond donors (Lipinski definition) is 4. The number of anilines is 1. The van der Waals surface area contributed by atoms with E-state index in [0.29, 0.717) is 18.8 Å². The van der Waals surface area contributed by atoms with Crippen LogP contribution in [-0.2, 0) is 13.0 Å². The average molecular weight is 392 g/mol. The lowest BCUT2D eigenvalue weighted by molar-refractivity contribution is 0.0932. The maximum Gasteiger partial charge on any atom is 0.326 e. The second kappa shape index (κ2) is 7.67. The molecule has 1 aromatic heterocycles. The van der Waals surface area contributed by atoms with Gasteiger partial charge in [0.2, 0.25) is 0 Å². The zero-order valence-corrected chi connectivity index (χ0v) is 15.5. The lowest BCUT2D eigenvalue weighted by Crippen LogP contribution is -2.34. The Morgan fingerprint density at radius 3 is 2.72 bits per heavy atom. The monoisotopic (exact) mass is 392 g/mol. The third-order valence-electron chi connectivity index (χ3n) is 4.96. The van der Waals surface area contributed by atoms with Crippen molar-refractivity contribution in [3.05, 3.63) is 91.8 Å². The van der Waals surface area contributed by atoms with E-state index < -0.39 is 17.2 Å². The molecular weight excluding hydrogens is 372 g/mol. The minimum atomic E-state index is -0.790. The van der Waals surface area contributed by atoms with Crippen molar-refractivity contribution in [2.24, 2.45) is 0 Å². The van der Waals surface area contributed by atoms with Crippen molar-refractivity contribution in [1.29, 1.82) is 0 Å². The van der Waals surface area contributed by atoms with Gasteiger partial charge in [0.1, 0.15) is 23.7 Å². The van der Waals surface area contributed by atoms with Crippen LogP contribution in [0.15, 0.2) is 58.1 Å². The molecule has 148 valence electrons. The highest BCUT2D eigenvalue weighted by Crippen LogP contribution is 2.34. The lowest BCUT2D eigenvalue weighted by Gasteiger charge is -2.16. The predicted molar refractivity (Wildman–Crippen MR) is 108 cm³/mol. The first-order valence-corrected chi connectivity index (χ1v) is 9.24. The number of aromatic nitrogens is 2. The fourth-order valence-electron chi connectivity index (χ4n) is 3.47. The Hall–Kier alpha value is -3.81. The standard InChI is InChI=1S/C21H20N4O4/c22-17-18(24-21(28)25-19(17)26)20(27)23-16-9-7-13-6-8-14(10-15(13)16)29-11-12-4-2-1-3-5-12/h1-6,8,10,16H,7,9,11,22H2,(H,23,27)(H2,24,25,26,28). The summed E-state index contributed by atoms with van der Waals surface area (Å²) >= 11 is 0. The zero-order valence-electron chi connectivity index (χ0n) is 15.5. The van der Waals surface area contributed by atoms with Crippen LogP contribution in [0.3, 0.4) is 0 Å². The van der Waals surface area contributed by atoms with Crippen molar-refractivity contribution in [2.45, 2.75) is 25.5 Å². The summed E-state index contributed by atoms with van der Waals surface area (Å²) in [5.41, 5.74) is 6.66. The van der Waals surface area contributed by atoms with Crippen LogP contribution < -0.4 is 27.0 Å². The summed E-state index contributed by atoms with van der Waals surface area (Å²) in [6.07, 6.45) is 1.51. The van der Waals surface area contributed by atoms with E-state index >= 15 is 0 Å². The van der Waals surface area contributed by atoms with Gasteiger partial charge in [-0.15, -0.1) is 0 Å². The summed E-state index contributed by atoms with van der Waals surface area (Å²) in [5, 5.41) is 2.85. The van der Waals surface area contributed by atoms with Crippen LogP contribution in [0.1, 0.15) is 39.6 Å². The van der Waals surface area contributed by atoms with Gasteiger partial charge >= 0.3 is 5.69 Å². The van der Waals surface area contributed by atoms with Crippen molar-refractivity contribution >= 4 is 11.6 Å². The number of nitrogens with one attached hydrogen (secondary N) is 3. The summed E-state index contributed by atoms with van der Waals surface area (Å²) in [7, 11) is 0. The molecule has 0 saturated carbocycles. The van der Waals surface area contributed by atoms with Crippen LogP contribution in [0.4, 0.5) is 5.69 Å². The zero-order chi connectivity index (χ0) is 20.4. The summed E-state index contributed by atoms with van der Waals surface area (Å²) < 4.78 is 5.88. The predicted octanol–water partition coefficient (Wildman–Crippen LogP) is 1.64. The maximum absolute atomic E-state index is 12.6. The van der Waals surface area contributed by atoms with E-state index in [9.17, 15) is 14.4 Å². The number of carbonyl (C=O) groups is 1. The van der Waals surface area contributed by atoms with Crippen molar-refractivity contribution in [3.8, 4) is 5.75 Å². The van der Waals surface area contributed by atoms with Crippen molar-refractivity contribution in [3.63, 3.8) is 0 Å². The average Bonchev–Trinajstić information content (AvgIpc) is 3.12. The molecule has 5 N–H and O–H groups in total. The molecule has 3 aromatic rings. The van der Waals surface area contributed by atoms with Crippen LogP contribution in [0.5, 0.6) is 5.75 Å². The number of nitrogen functional groups attached to an aromatic ring is 1. The topological polar surface area (TPSA) is 130 Å². The Bertz CT molecular complexity index is 1170. The van der Waals surface area contributed by atoms with Crippen LogP contribution >= 0.6 is 0 Å². The van der Waals surface area contributed by atoms with E-state index in [1.165, 1.54) is 0 Å². The third kappa shape index (κ3) is 3.91. The fraction of sp³-hybridized carbons (Fsp3) is 0.190. The summed E-state index contributed by atoms with van der Waals surface area (Å²) in [5.74, 6) is 0.108. The molecule has 0 fully saturated rings. The minimum absolute atomic E-state index is 0.233. The van der Waals surface area contributed by atoms with Crippen LogP contribution in [0.25, 0.3) is 0 Å². The molecule has 0 bridgehead atoms. The van der Waals surface area contributed by atoms with Crippen molar-refractivity contribution < 1.29 is 9.53 Å². The molecule has 0 saturated heterocycles. The summed E-state index contributed by atoms with van der Waals surface area (Å²) in [4.78, 5) is 40.0. The van der Waals surface area contributed by atoms with E-state index in [2.05, 4.69) is 10.3 Å². The number of rotatable bonds is 5. The number of carbonyl (C=O) groups excluding carboxylic acids is 1. The van der Waals surface area contributed by atoms with Gasteiger partial charge in [0.15, 0.2) is 0 Å². The molecule has 1 amide bonds. The van der Waals surface area contributed by atoms with E-state index in [1.54, 1.807) is 0 Å². The molecule has 29 heavy (non-hydrogen) atoms. The molecule has 0 radical (unpaired) electrons. The maximum atomic E-state index is 12.6. The van der Waals surface area contributed by atoms with Crippen LogP contribution in [0.2, 0.25) is 0 Å². The molecule has 1 unspecified atom stereocenters. The molecule has 8 nitrogen and oxygen atoms in total. The number of aromatic amines is 2. The van der Waals surface area contributed by atoms with Gasteiger partial charge in [-0.3, -0.25) is 14.6 Å². The smallest absolute Gasteiger partial charge is 0.326 e. The highest BCUT2D eigenvalue weighted by Gasteiger charge is 2.26. The molecular formula is C21H20N4O4. The second-order valence-electron chi connectivity index (χ2n) is 6.90. The Balaban J connectivity index is 1.51. The van der Waals surface area contributed by atoms with Gasteiger partial charge in [-0.2, -0.15) is 0 Å². The van der Waals surface area contributed by atoms with Gasteiger partial charge in [0.05, 0.1) is 6.04 Å². The molecule has 8 heteroatoms. The summed E-state index contributed by atoms with van der Waals surface area (Å²) in [6, 6.07) is 15.4. The van der Waals surface area contributed by atoms with E-state index in [-0.39, 0.29) is 17.4 Å². The molecule has 2 aromatic carbocycles. The Kier molecular flexibility index (Phi) is 4.90. The molecule has 4 rings (SSSR count). The number of nitrogens with two attached hydrogens (primary N) is 1. The Morgan fingerprint density at radius 1 is 1.14 bits per heavy atom. The molecule has 1 aliphatic rings. The number of ether oxygens (including phenoxy) is 1. The van der Waals surface area contributed by atoms with Crippen LogP contribution in [-0.4, -0.2) is 15.9 Å². The number of benzene rings is 2. The van der Waals surface area contributed by atoms with Crippen LogP contribution in [0, 0.1) is 0 Å². The minimum Gasteiger partial charge on any atom is -0.489 e. The van der Waals surface area contributed by atoms with Gasteiger partial charge in [0.25, 0.3) is 11.5 Å². The largest absolute Gasteiger partial charge is 0.489 e. The van der Waals surface area contributed by atoms with E-state index in [1.807, 2.05) is 53.5 Å². The first-order valence-electron chi connectivity index (χ1n) is 9.24. The highest BCUT2D eigenvalue weighted by atomic mass is 16.5. The number of fused-ring (bicyclic) bond motifs is 1. The quantitative estimate of drug-likeness (QED) is 0.524. The van der Waals surface area contributed by atoms with Crippen molar-refractivity contribution in [2.75, 3.05) is 5.73 Å². The number of hydrogen-bond acceptors (Lipinski definition) is 5. The van der Waals surface area contributed by atoms with E-state index in [0.717, 1.165) is 23.1 Å². The molecule has 0 spiro atoms. The number of aryl methyl sites for hydroxylation is 1. The SMILES string of the molecule is Nc1c(C(=O)NC2CCc3ccc(OCc4ccccc4)cc32)[nH]c(=O)[nH]c1=O. The Morgan fingerprint density at radius 2 is 1.93 bits per heavy atom. The van der Waals surface area contributed by atoms with Gasteiger partial charge in [-0.05, 0) is 41.7 Å². The molecule has 0 aliphatic heterocycles. The third-order valence-corrected chi connectivity index (χ3v) is 4.96. The number of H-pyrrole nitrogens is 2. The van der Waals surface area contributed by atoms with Gasteiger partial charge in [-0.1, -0.05) is 36.4 Å². The van der Waals surface area contributed by atoms with Gasteiger partial charge < -0.3 is 20.8 Å². The normalized spacial score (nSPS) is 15.0. The first-order chi connectivity index (χ1) is 14.0.